The number of carbonyl (C=O) groups excluding carboxylic acids is 1. The van der Waals surface area contributed by atoms with Crippen molar-refractivity contribution in [1.29, 1.82) is 0 Å². The fourth-order valence-corrected chi connectivity index (χ4v) is 3.90. The predicted molar refractivity (Wildman–Crippen MR) is 86.9 cm³/mol. The van der Waals surface area contributed by atoms with Crippen LogP contribution in [0, 0.1) is 6.92 Å². The average molecular weight is 304 g/mol. The van der Waals surface area contributed by atoms with Crippen LogP contribution in [-0.2, 0) is 4.74 Å². The molecule has 5 heteroatoms. The second-order valence-electron chi connectivity index (χ2n) is 5.61. The van der Waals surface area contributed by atoms with Crippen molar-refractivity contribution in [1.82, 2.24) is 5.32 Å². The van der Waals surface area contributed by atoms with Gasteiger partial charge in [-0.25, -0.2) is 0 Å². The molecule has 2 atom stereocenters. The van der Waals surface area contributed by atoms with Gasteiger partial charge in [0.15, 0.2) is 0 Å². The Hall–Kier alpha value is -1.59. The van der Waals surface area contributed by atoms with Crippen LogP contribution in [0.4, 0.5) is 5.69 Å². The van der Waals surface area contributed by atoms with Crippen molar-refractivity contribution in [2.75, 3.05) is 12.3 Å². The molecule has 0 radical (unpaired) electrons. The molecule has 2 heterocycles. The summed E-state index contributed by atoms with van der Waals surface area (Å²) in [6.45, 7) is 4.81. The Labute approximate surface area is 128 Å². The van der Waals surface area contributed by atoms with E-state index in [1.165, 1.54) is 11.3 Å². The summed E-state index contributed by atoms with van der Waals surface area (Å²) in [4.78, 5) is 13.1. The van der Waals surface area contributed by atoms with Crippen LogP contribution in [0.3, 0.4) is 0 Å². The molecule has 2 aromatic rings. The van der Waals surface area contributed by atoms with E-state index >= 15 is 0 Å². The number of carbonyl (C=O) groups is 1. The minimum Gasteiger partial charge on any atom is -0.397 e. The highest BCUT2D eigenvalue weighted by Crippen LogP contribution is 2.35. The van der Waals surface area contributed by atoms with Gasteiger partial charge in [0, 0.05) is 16.7 Å². The number of fused-ring (bicyclic) bond motifs is 1. The first-order valence-corrected chi connectivity index (χ1v) is 8.09. The summed E-state index contributed by atoms with van der Waals surface area (Å²) in [6.07, 6.45) is 2.18. The number of hydrogen-bond acceptors (Lipinski definition) is 4. The van der Waals surface area contributed by atoms with Gasteiger partial charge in [0.25, 0.3) is 5.91 Å². The maximum absolute atomic E-state index is 12.5. The SMILES string of the molecule is Cc1cccc2c(N)c(C(=O)NC(C)C3CCCO3)sc12. The van der Waals surface area contributed by atoms with Gasteiger partial charge in [-0.1, -0.05) is 18.2 Å². The molecular weight excluding hydrogens is 284 g/mol. The second-order valence-corrected chi connectivity index (χ2v) is 6.63. The summed E-state index contributed by atoms with van der Waals surface area (Å²) in [5, 5.41) is 3.99. The molecule has 1 aliphatic heterocycles. The number of nitrogens with two attached hydrogens (primary N) is 1. The number of thiophene rings is 1. The van der Waals surface area contributed by atoms with Crippen LogP contribution >= 0.6 is 11.3 Å². The van der Waals surface area contributed by atoms with Crippen molar-refractivity contribution >= 4 is 33.0 Å². The summed E-state index contributed by atoms with van der Waals surface area (Å²) in [5.41, 5.74) is 7.88. The molecule has 0 aliphatic carbocycles. The van der Waals surface area contributed by atoms with E-state index in [2.05, 4.69) is 5.32 Å². The normalized spacial score (nSPS) is 19.8. The van der Waals surface area contributed by atoms with Gasteiger partial charge in [-0.05, 0) is 32.3 Å². The average Bonchev–Trinajstić information content (AvgIpc) is 3.08. The van der Waals surface area contributed by atoms with Crippen molar-refractivity contribution in [3.05, 3.63) is 28.6 Å². The molecule has 0 spiro atoms. The summed E-state index contributed by atoms with van der Waals surface area (Å²) >= 11 is 1.47. The first-order chi connectivity index (χ1) is 10.1. The molecule has 1 aromatic heterocycles. The van der Waals surface area contributed by atoms with E-state index in [4.69, 9.17) is 10.5 Å². The molecule has 4 nitrogen and oxygen atoms in total. The molecule has 1 amide bonds. The van der Waals surface area contributed by atoms with Gasteiger partial charge >= 0.3 is 0 Å². The van der Waals surface area contributed by atoms with Gasteiger partial charge in [-0.3, -0.25) is 4.79 Å². The van der Waals surface area contributed by atoms with Crippen LogP contribution in [0.15, 0.2) is 18.2 Å². The Morgan fingerprint density at radius 2 is 2.33 bits per heavy atom. The van der Waals surface area contributed by atoms with Gasteiger partial charge in [0.05, 0.1) is 17.8 Å². The van der Waals surface area contributed by atoms with Crippen LogP contribution in [-0.4, -0.2) is 24.7 Å². The molecule has 112 valence electrons. The Kier molecular flexibility index (Phi) is 3.87. The standard InChI is InChI=1S/C16H20N2O2S/c1-9-5-3-6-11-13(17)15(21-14(9)11)16(19)18-10(2)12-7-4-8-20-12/h3,5-6,10,12H,4,7-8,17H2,1-2H3,(H,18,19). The highest BCUT2D eigenvalue weighted by atomic mass is 32.1. The van der Waals surface area contributed by atoms with E-state index < -0.39 is 0 Å². The minimum atomic E-state index is -0.101. The van der Waals surface area contributed by atoms with Crippen molar-refractivity contribution in [3.63, 3.8) is 0 Å². The van der Waals surface area contributed by atoms with Gasteiger partial charge < -0.3 is 15.8 Å². The van der Waals surface area contributed by atoms with E-state index in [9.17, 15) is 4.79 Å². The Bertz CT molecular complexity index is 674. The maximum atomic E-state index is 12.5. The van der Waals surface area contributed by atoms with Crippen LogP contribution in [0.2, 0.25) is 0 Å². The number of aryl methyl sites for hydroxylation is 1. The summed E-state index contributed by atoms with van der Waals surface area (Å²) in [6, 6.07) is 5.98. The van der Waals surface area contributed by atoms with Gasteiger partial charge in [0.2, 0.25) is 0 Å². The molecule has 3 rings (SSSR count). The number of rotatable bonds is 3. The Morgan fingerprint density at radius 3 is 3.00 bits per heavy atom. The lowest BCUT2D eigenvalue weighted by Crippen LogP contribution is -2.40. The zero-order valence-electron chi connectivity index (χ0n) is 12.3. The Balaban J connectivity index is 1.84. The lowest BCUT2D eigenvalue weighted by Gasteiger charge is -2.19. The molecule has 1 fully saturated rings. The number of hydrogen-bond donors (Lipinski definition) is 2. The van der Waals surface area contributed by atoms with Gasteiger partial charge in [-0.15, -0.1) is 11.3 Å². The summed E-state index contributed by atoms with van der Waals surface area (Å²) < 4.78 is 6.71. The van der Waals surface area contributed by atoms with Crippen molar-refractivity contribution in [2.45, 2.75) is 38.8 Å². The molecule has 1 saturated heterocycles. The molecule has 0 saturated carbocycles. The number of nitrogens with one attached hydrogen (secondary N) is 1. The third-order valence-corrected chi connectivity index (χ3v) is 5.39. The number of amides is 1. The highest BCUT2D eigenvalue weighted by Gasteiger charge is 2.25. The van der Waals surface area contributed by atoms with E-state index in [0.29, 0.717) is 10.6 Å². The van der Waals surface area contributed by atoms with Crippen LogP contribution in [0.25, 0.3) is 10.1 Å². The fraction of sp³-hybridized carbons (Fsp3) is 0.438. The highest BCUT2D eigenvalue weighted by molar-refractivity contribution is 7.21. The molecule has 21 heavy (non-hydrogen) atoms. The topological polar surface area (TPSA) is 64.4 Å². The van der Waals surface area contributed by atoms with E-state index in [-0.39, 0.29) is 18.1 Å². The van der Waals surface area contributed by atoms with Crippen LogP contribution in [0.1, 0.15) is 35.0 Å². The number of anilines is 1. The van der Waals surface area contributed by atoms with Crippen LogP contribution < -0.4 is 11.1 Å². The predicted octanol–water partition coefficient (Wildman–Crippen LogP) is 3.09. The van der Waals surface area contributed by atoms with Crippen molar-refractivity contribution in [2.24, 2.45) is 0 Å². The smallest absolute Gasteiger partial charge is 0.263 e. The molecule has 3 N–H and O–H groups in total. The third-order valence-electron chi connectivity index (χ3n) is 4.04. The summed E-state index contributed by atoms with van der Waals surface area (Å²) in [5.74, 6) is -0.101. The molecule has 0 bridgehead atoms. The first-order valence-electron chi connectivity index (χ1n) is 7.28. The monoisotopic (exact) mass is 304 g/mol. The van der Waals surface area contributed by atoms with Crippen molar-refractivity contribution in [3.8, 4) is 0 Å². The van der Waals surface area contributed by atoms with Crippen molar-refractivity contribution < 1.29 is 9.53 Å². The molecule has 1 aliphatic rings. The quantitative estimate of drug-likeness (QED) is 0.916. The zero-order valence-corrected chi connectivity index (χ0v) is 13.1. The first kappa shape index (κ1) is 14.4. The summed E-state index contributed by atoms with van der Waals surface area (Å²) in [7, 11) is 0. The van der Waals surface area contributed by atoms with E-state index in [1.54, 1.807) is 0 Å². The van der Waals surface area contributed by atoms with Crippen LogP contribution in [0.5, 0.6) is 0 Å². The lowest BCUT2D eigenvalue weighted by atomic mass is 10.1. The second kappa shape index (κ2) is 5.66. The Morgan fingerprint density at radius 1 is 1.52 bits per heavy atom. The third kappa shape index (κ3) is 2.63. The van der Waals surface area contributed by atoms with Gasteiger partial charge in [-0.2, -0.15) is 0 Å². The molecule has 1 aromatic carbocycles. The van der Waals surface area contributed by atoms with Gasteiger partial charge in [0.1, 0.15) is 4.88 Å². The van der Waals surface area contributed by atoms with E-state index in [1.807, 2.05) is 32.0 Å². The molecular formula is C16H20N2O2S. The minimum absolute atomic E-state index is 0.00529. The van der Waals surface area contributed by atoms with E-state index in [0.717, 1.165) is 35.1 Å². The lowest BCUT2D eigenvalue weighted by molar-refractivity contribution is 0.0715. The number of nitrogen functional groups attached to an aromatic ring is 1. The number of benzene rings is 1. The number of ether oxygens (including phenoxy) is 1. The zero-order chi connectivity index (χ0) is 15.0. The largest absolute Gasteiger partial charge is 0.397 e. The maximum Gasteiger partial charge on any atom is 0.263 e. The fourth-order valence-electron chi connectivity index (χ4n) is 2.81. The molecule has 2 unspecified atom stereocenters.